The Balaban J connectivity index is 1.16. The van der Waals surface area contributed by atoms with E-state index in [0.29, 0.717) is 38.6 Å². The summed E-state index contributed by atoms with van der Waals surface area (Å²) in [6.45, 7) is 5.87. The zero-order chi connectivity index (χ0) is 29.8. The van der Waals surface area contributed by atoms with Crippen LogP contribution in [0.3, 0.4) is 0 Å². The third kappa shape index (κ3) is 6.51. The van der Waals surface area contributed by atoms with Gasteiger partial charge < -0.3 is 15.3 Å². The van der Waals surface area contributed by atoms with Crippen molar-refractivity contribution in [3.63, 3.8) is 0 Å². The second-order valence-corrected chi connectivity index (χ2v) is 12.3. The zero-order valence-electron chi connectivity index (χ0n) is 24.8. The monoisotopic (exact) mass is 575 g/mol. The van der Waals surface area contributed by atoms with Gasteiger partial charge in [0.05, 0.1) is 11.8 Å². The minimum atomic E-state index is -0.880. The van der Waals surface area contributed by atoms with Gasteiger partial charge in [-0.15, -0.1) is 0 Å². The van der Waals surface area contributed by atoms with Crippen molar-refractivity contribution in [2.24, 2.45) is 17.8 Å². The second kappa shape index (κ2) is 13.1. The van der Waals surface area contributed by atoms with Crippen molar-refractivity contribution >= 4 is 22.6 Å². The van der Waals surface area contributed by atoms with Gasteiger partial charge in [-0.25, -0.2) is 0 Å². The van der Waals surface area contributed by atoms with E-state index < -0.39 is 17.8 Å². The number of carbonyl (C=O) groups excluding carboxylic acids is 1. The molecule has 1 amide bonds. The predicted octanol–water partition coefficient (Wildman–Crippen LogP) is 5.96. The first-order chi connectivity index (χ1) is 21.0. The average molecular weight is 576 g/mol. The lowest BCUT2D eigenvalue weighted by molar-refractivity contribution is -0.149. The van der Waals surface area contributed by atoms with Crippen molar-refractivity contribution in [1.29, 1.82) is 0 Å². The molecule has 0 saturated carbocycles. The van der Waals surface area contributed by atoms with E-state index in [2.05, 4.69) is 96.0 Å². The highest BCUT2D eigenvalue weighted by Crippen LogP contribution is 2.35. The molecule has 0 radical (unpaired) electrons. The largest absolute Gasteiger partial charge is 0.481 e. The fourth-order valence-corrected chi connectivity index (χ4v) is 7.18. The van der Waals surface area contributed by atoms with Gasteiger partial charge in [0.25, 0.3) is 0 Å². The number of piperidine rings is 1. The number of hydrogen-bond acceptors (Lipinski definition) is 4. The first-order valence-electron chi connectivity index (χ1n) is 15.5. The lowest BCUT2D eigenvalue weighted by atomic mass is 9.79. The number of nitrogens with zero attached hydrogens (tertiary/aromatic N) is 2. The molecule has 2 N–H and O–H groups in total. The van der Waals surface area contributed by atoms with Gasteiger partial charge in [-0.1, -0.05) is 103 Å². The van der Waals surface area contributed by atoms with E-state index in [0.717, 1.165) is 18.5 Å². The molecule has 2 saturated heterocycles. The number of aliphatic carboxylic acids is 1. The minimum Gasteiger partial charge on any atom is -0.481 e. The molecule has 222 valence electrons. The molecule has 2 aliphatic rings. The molecule has 43 heavy (non-hydrogen) atoms. The highest BCUT2D eigenvalue weighted by molar-refractivity contribution is 5.86. The van der Waals surface area contributed by atoms with Gasteiger partial charge in [0.2, 0.25) is 5.91 Å². The Hall–Kier alpha value is -4.00. The summed E-state index contributed by atoms with van der Waals surface area (Å²) in [5, 5.41) is 16.4. The molecule has 0 spiro atoms. The predicted molar refractivity (Wildman–Crippen MR) is 171 cm³/mol. The van der Waals surface area contributed by atoms with Crippen LogP contribution >= 0.6 is 0 Å². The van der Waals surface area contributed by atoms with Gasteiger partial charge in [0.15, 0.2) is 0 Å². The van der Waals surface area contributed by atoms with Crippen molar-refractivity contribution < 1.29 is 14.7 Å². The third-order valence-corrected chi connectivity index (χ3v) is 9.55. The van der Waals surface area contributed by atoms with Crippen molar-refractivity contribution in [3.8, 4) is 0 Å². The molecule has 4 aromatic rings. The summed E-state index contributed by atoms with van der Waals surface area (Å²) >= 11 is 0. The summed E-state index contributed by atoms with van der Waals surface area (Å²) in [5.74, 6) is -1.58. The van der Waals surface area contributed by atoms with Crippen molar-refractivity contribution in [1.82, 2.24) is 15.1 Å². The molecule has 6 rings (SSSR count). The highest BCUT2D eigenvalue weighted by Gasteiger charge is 2.45. The van der Waals surface area contributed by atoms with E-state index in [-0.39, 0.29) is 17.9 Å². The molecule has 6 nitrogen and oxygen atoms in total. The molecular weight excluding hydrogens is 534 g/mol. The van der Waals surface area contributed by atoms with Crippen LogP contribution < -0.4 is 5.32 Å². The van der Waals surface area contributed by atoms with E-state index in [4.69, 9.17) is 0 Å². The van der Waals surface area contributed by atoms with Crippen LogP contribution in [0.5, 0.6) is 0 Å². The third-order valence-electron chi connectivity index (χ3n) is 9.55. The van der Waals surface area contributed by atoms with E-state index in [9.17, 15) is 14.7 Å². The van der Waals surface area contributed by atoms with E-state index in [1.165, 1.54) is 21.9 Å². The number of carboxylic acids is 1. The Bertz CT molecular complexity index is 1540. The Morgan fingerprint density at radius 3 is 2.28 bits per heavy atom. The number of carboxylic acid groups (broad SMARTS) is 1. The number of likely N-dealkylation sites (tertiary alicyclic amines) is 2. The number of fused-ring (bicyclic) bond motifs is 1. The highest BCUT2D eigenvalue weighted by atomic mass is 16.4. The topological polar surface area (TPSA) is 72.9 Å². The fourth-order valence-electron chi connectivity index (χ4n) is 7.18. The van der Waals surface area contributed by atoms with Crippen molar-refractivity contribution in [3.05, 3.63) is 120 Å². The molecule has 6 heteroatoms. The summed E-state index contributed by atoms with van der Waals surface area (Å²) in [7, 11) is 0. The normalized spacial score (nSPS) is 23.3. The van der Waals surface area contributed by atoms with Crippen LogP contribution in [-0.2, 0) is 16.1 Å². The van der Waals surface area contributed by atoms with Gasteiger partial charge in [0.1, 0.15) is 0 Å². The van der Waals surface area contributed by atoms with Crippen molar-refractivity contribution in [2.45, 2.75) is 31.8 Å². The van der Waals surface area contributed by atoms with Gasteiger partial charge in [-0.2, -0.15) is 0 Å². The first-order valence-corrected chi connectivity index (χ1v) is 15.5. The van der Waals surface area contributed by atoms with E-state index >= 15 is 0 Å². The molecule has 5 atom stereocenters. The zero-order valence-corrected chi connectivity index (χ0v) is 24.8. The maximum atomic E-state index is 14.0. The second-order valence-electron chi connectivity index (χ2n) is 12.3. The molecule has 2 aliphatic heterocycles. The Labute approximate surface area is 254 Å². The molecule has 0 bridgehead atoms. The van der Waals surface area contributed by atoms with Gasteiger partial charge in [0, 0.05) is 44.7 Å². The molecular formula is C37H41N3O3. The fraction of sp³-hybridized carbons (Fsp3) is 0.351. The molecule has 2 heterocycles. The number of rotatable bonds is 9. The molecule has 0 aliphatic carbocycles. The van der Waals surface area contributed by atoms with Crippen LogP contribution in [0, 0.1) is 17.8 Å². The number of benzene rings is 4. The average Bonchev–Trinajstić information content (AvgIpc) is 3.48. The van der Waals surface area contributed by atoms with Crippen LogP contribution in [0.2, 0.25) is 0 Å². The minimum absolute atomic E-state index is 0.0144. The van der Waals surface area contributed by atoms with Crippen LogP contribution in [0.4, 0.5) is 0 Å². The number of carbonyl (C=O) groups is 2. The maximum absolute atomic E-state index is 14.0. The van der Waals surface area contributed by atoms with E-state index in [1.54, 1.807) is 0 Å². The van der Waals surface area contributed by atoms with Crippen molar-refractivity contribution in [2.75, 3.05) is 32.7 Å². The van der Waals surface area contributed by atoms with Crippen LogP contribution in [0.25, 0.3) is 10.8 Å². The number of amides is 1. The van der Waals surface area contributed by atoms with E-state index in [1.807, 2.05) is 29.2 Å². The quantitative estimate of drug-likeness (QED) is 0.258. The lowest BCUT2D eigenvalue weighted by Crippen LogP contribution is -2.49. The van der Waals surface area contributed by atoms with Gasteiger partial charge in [-0.05, 0) is 53.3 Å². The standard InChI is InChI=1S/C37H41N3O3/c1-26(31-18-10-16-28-15-8-9-17-32(28)31)38-21-30-19-20-40(25-33(30)29-13-6-3-7-14-29)36(41)34-23-39(24-35(34)37(42)43)22-27-11-4-2-5-12-27/h2-18,26,30,33-35,38H,19-25H2,1H3,(H,42,43)/t26-,30?,33?,34?,35?/m1/s1. The maximum Gasteiger partial charge on any atom is 0.308 e. The summed E-state index contributed by atoms with van der Waals surface area (Å²) < 4.78 is 0. The number of nitrogens with one attached hydrogen (secondary N) is 1. The van der Waals surface area contributed by atoms with Gasteiger partial charge in [-0.3, -0.25) is 14.5 Å². The van der Waals surface area contributed by atoms with Gasteiger partial charge >= 0.3 is 5.97 Å². The summed E-state index contributed by atoms with van der Waals surface area (Å²) in [6.07, 6.45) is 0.874. The SMILES string of the molecule is C[C@@H](NCC1CCN(C(=O)C2CN(Cc3ccccc3)CC2C(=O)O)CC1c1ccccc1)c1cccc2ccccc12. The van der Waals surface area contributed by atoms with Crippen LogP contribution in [0.15, 0.2) is 103 Å². The molecule has 0 aromatic heterocycles. The summed E-state index contributed by atoms with van der Waals surface area (Å²) in [4.78, 5) is 30.3. The molecule has 4 unspecified atom stereocenters. The Morgan fingerprint density at radius 1 is 0.837 bits per heavy atom. The molecule has 2 fully saturated rings. The summed E-state index contributed by atoms with van der Waals surface area (Å²) in [5.41, 5.74) is 3.66. The Kier molecular flexibility index (Phi) is 8.87. The Morgan fingerprint density at radius 2 is 1.51 bits per heavy atom. The number of hydrogen-bond donors (Lipinski definition) is 2. The molecule has 4 aromatic carbocycles. The van der Waals surface area contributed by atoms with Crippen LogP contribution in [0.1, 0.15) is 42.0 Å². The lowest BCUT2D eigenvalue weighted by Gasteiger charge is -2.40. The summed E-state index contributed by atoms with van der Waals surface area (Å²) in [6, 6.07) is 35.8. The van der Waals surface area contributed by atoms with Crippen LogP contribution in [-0.4, -0.2) is 59.5 Å². The first kappa shape index (κ1) is 29.1. The smallest absolute Gasteiger partial charge is 0.308 e.